The number of benzene rings is 1. The predicted octanol–water partition coefficient (Wildman–Crippen LogP) is 3.35. The SMILES string of the molecule is CC(C)n1ncc2ccc(NC(=O)[C@@H](N)C(C)(C)C)cc21.Cl. The van der Waals surface area contributed by atoms with Gasteiger partial charge >= 0.3 is 0 Å². The summed E-state index contributed by atoms with van der Waals surface area (Å²) in [6.45, 7) is 10.0. The van der Waals surface area contributed by atoms with Crippen molar-refractivity contribution in [2.24, 2.45) is 11.1 Å². The van der Waals surface area contributed by atoms with Crippen LogP contribution in [0, 0.1) is 5.41 Å². The molecule has 122 valence electrons. The Hall–Kier alpha value is -1.59. The van der Waals surface area contributed by atoms with Gasteiger partial charge in [0.25, 0.3) is 0 Å². The number of halogens is 1. The van der Waals surface area contributed by atoms with Crippen molar-refractivity contribution in [1.82, 2.24) is 9.78 Å². The largest absolute Gasteiger partial charge is 0.325 e. The highest BCUT2D eigenvalue weighted by molar-refractivity contribution is 5.97. The zero-order valence-electron chi connectivity index (χ0n) is 13.8. The highest BCUT2D eigenvalue weighted by Crippen LogP contribution is 2.23. The van der Waals surface area contributed by atoms with Crippen LogP contribution in [0.15, 0.2) is 24.4 Å². The summed E-state index contributed by atoms with van der Waals surface area (Å²) in [6.07, 6.45) is 1.84. The Labute approximate surface area is 137 Å². The van der Waals surface area contributed by atoms with Gasteiger partial charge in [0.15, 0.2) is 0 Å². The molecule has 0 saturated carbocycles. The zero-order chi connectivity index (χ0) is 15.8. The van der Waals surface area contributed by atoms with Crippen molar-refractivity contribution in [3.05, 3.63) is 24.4 Å². The van der Waals surface area contributed by atoms with E-state index in [9.17, 15) is 4.79 Å². The van der Waals surface area contributed by atoms with Crippen LogP contribution in [-0.4, -0.2) is 21.7 Å². The van der Waals surface area contributed by atoms with Crippen molar-refractivity contribution in [3.63, 3.8) is 0 Å². The predicted molar refractivity (Wildman–Crippen MR) is 93.4 cm³/mol. The fourth-order valence-corrected chi connectivity index (χ4v) is 2.14. The molecular formula is C16H25ClN4O. The Bertz CT molecular complexity index is 658. The Morgan fingerprint density at radius 2 is 1.95 bits per heavy atom. The van der Waals surface area contributed by atoms with Crippen LogP contribution >= 0.6 is 12.4 Å². The monoisotopic (exact) mass is 324 g/mol. The van der Waals surface area contributed by atoms with Gasteiger partial charge in [0.2, 0.25) is 5.91 Å². The maximum absolute atomic E-state index is 12.2. The van der Waals surface area contributed by atoms with Gasteiger partial charge in [0.05, 0.1) is 17.8 Å². The molecule has 0 bridgehead atoms. The minimum absolute atomic E-state index is 0. The molecule has 0 radical (unpaired) electrons. The summed E-state index contributed by atoms with van der Waals surface area (Å²) >= 11 is 0. The lowest BCUT2D eigenvalue weighted by molar-refractivity contribution is -0.119. The number of carbonyl (C=O) groups is 1. The number of fused-ring (bicyclic) bond motifs is 1. The second kappa shape index (κ2) is 6.67. The smallest absolute Gasteiger partial charge is 0.241 e. The molecule has 1 amide bonds. The van der Waals surface area contributed by atoms with Crippen molar-refractivity contribution in [2.45, 2.75) is 46.7 Å². The molecule has 1 atom stereocenters. The normalized spacial score (nSPS) is 13.0. The molecule has 0 aliphatic heterocycles. The second-order valence-corrected chi connectivity index (χ2v) is 6.79. The quantitative estimate of drug-likeness (QED) is 0.909. The van der Waals surface area contributed by atoms with E-state index in [1.807, 2.05) is 49.8 Å². The minimum Gasteiger partial charge on any atom is -0.325 e. The van der Waals surface area contributed by atoms with Crippen LogP contribution < -0.4 is 11.1 Å². The standard InChI is InChI=1S/C16H24N4O.ClH/c1-10(2)20-13-8-12(7-6-11(13)9-18-20)19-15(21)14(17)16(3,4)5;/h6-10,14H,17H2,1-5H3,(H,19,21);1H/t14-;/m1./s1. The van der Waals surface area contributed by atoms with Crippen molar-refractivity contribution in [3.8, 4) is 0 Å². The first kappa shape index (κ1) is 18.5. The van der Waals surface area contributed by atoms with Gasteiger partial charge in [-0.15, -0.1) is 12.4 Å². The first-order valence-electron chi connectivity index (χ1n) is 7.24. The molecule has 1 aromatic heterocycles. The van der Waals surface area contributed by atoms with E-state index in [2.05, 4.69) is 24.3 Å². The number of nitrogens with one attached hydrogen (secondary N) is 1. The molecule has 0 aliphatic carbocycles. The summed E-state index contributed by atoms with van der Waals surface area (Å²) < 4.78 is 1.94. The summed E-state index contributed by atoms with van der Waals surface area (Å²) in [6, 6.07) is 5.49. The van der Waals surface area contributed by atoms with Gasteiger partial charge in [-0.2, -0.15) is 5.10 Å². The molecule has 1 aromatic carbocycles. The van der Waals surface area contributed by atoms with Crippen molar-refractivity contribution in [1.29, 1.82) is 0 Å². The average Bonchev–Trinajstić information content (AvgIpc) is 2.79. The van der Waals surface area contributed by atoms with Gasteiger partial charge < -0.3 is 11.1 Å². The maximum Gasteiger partial charge on any atom is 0.241 e. The lowest BCUT2D eigenvalue weighted by Gasteiger charge is -2.25. The molecule has 2 aromatic rings. The molecule has 0 unspecified atom stereocenters. The molecule has 0 saturated heterocycles. The Morgan fingerprint density at radius 3 is 2.50 bits per heavy atom. The van der Waals surface area contributed by atoms with Gasteiger partial charge in [-0.3, -0.25) is 9.48 Å². The molecule has 2 rings (SSSR count). The highest BCUT2D eigenvalue weighted by atomic mass is 35.5. The first-order chi connectivity index (χ1) is 9.70. The third-order valence-corrected chi connectivity index (χ3v) is 3.57. The van der Waals surface area contributed by atoms with Gasteiger partial charge in [-0.1, -0.05) is 20.8 Å². The summed E-state index contributed by atoms with van der Waals surface area (Å²) in [5.74, 6) is -0.169. The van der Waals surface area contributed by atoms with E-state index in [1.165, 1.54) is 0 Å². The Balaban J connectivity index is 0.00000242. The molecule has 5 nitrogen and oxygen atoms in total. The second-order valence-electron chi connectivity index (χ2n) is 6.79. The van der Waals surface area contributed by atoms with Gasteiger partial charge in [-0.25, -0.2) is 0 Å². The number of nitrogens with zero attached hydrogens (tertiary/aromatic N) is 2. The van der Waals surface area contributed by atoms with Crippen LogP contribution in [0.25, 0.3) is 10.9 Å². The van der Waals surface area contributed by atoms with Gasteiger partial charge in [-0.05, 0) is 37.5 Å². The number of nitrogens with two attached hydrogens (primary N) is 1. The molecule has 22 heavy (non-hydrogen) atoms. The summed E-state index contributed by atoms with van der Waals surface area (Å²) in [5, 5.41) is 8.32. The van der Waals surface area contributed by atoms with Crippen LogP contribution in [0.3, 0.4) is 0 Å². The van der Waals surface area contributed by atoms with Crippen LogP contribution in [0.1, 0.15) is 40.7 Å². The zero-order valence-corrected chi connectivity index (χ0v) is 14.6. The van der Waals surface area contributed by atoms with Crippen LogP contribution in [0.5, 0.6) is 0 Å². The third-order valence-electron chi connectivity index (χ3n) is 3.57. The topological polar surface area (TPSA) is 72.9 Å². The fraction of sp³-hybridized carbons (Fsp3) is 0.500. The van der Waals surface area contributed by atoms with E-state index in [1.54, 1.807) is 0 Å². The molecule has 0 fully saturated rings. The van der Waals surface area contributed by atoms with Gasteiger partial charge in [0, 0.05) is 17.1 Å². The third kappa shape index (κ3) is 3.78. The van der Waals surface area contributed by atoms with E-state index in [0.717, 1.165) is 16.6 Å². The maximum atomic E-state index is 12.2. The summed E-state index contributed by atoms with van der Waals surface area (Å²) in [4.78, 5) is 12.2. The molecule has 3 N–H and O–H groups in total. The number of rotatable bonds is 3. The number of hydrogen-bond acceptors (Lipinski definition) is 3. The first-order valence-corrected chi connectivity index (χ1v) is 7.24. The lowest BCUT2D eigenvalue weighted by Crippen LogP contribution is -2.45. The molecular weight excluding hydrogens is 300 g/mol. The van der Waals surface area contributed by atoms with E-state index in [-0.39, 0.29) is 29.8 Å². The Kier molecular flexibility index (Phi) is 5.59. The molecule has 1 heterocycles. The number of anilines is 1. The number of aromatic nitrogens is 2. The van der Waals surface area contributed by atoms with Crippen molar-refractivity contribution >= 4 is 34.9 Å². The summed E-state index contributed by atoms with van der Waals surface area (Å²) in [5.41, 5.74) is 7.46. The summed E-state index contributed by atoms with van der Waals surface area (Å²) in [7, 11) is 0. The van der Waals surface area contributed by atoms with E-state index in [4.69, 9.17) is 5.73 Å². The molecule has 0 spiro atoms. The van der Waals surface area contributed by atoms with E-state index >= 15 is 0 Å². The minimum atomic E-state index is -0.553. The van der Waals surface area contributed by atoms with Crippen LogP contribution in [0.2, 0.25) is 0 Å². The molecule has 0 aliphatic rings. The van der Waals surface area contributed by atoms with Gasteiger partial charge in [0.1, 0.15) is 0 Å². The van der Waals surface area contributed by atoms with Crippen LogP contribution in [0.4, 0.5) is 5.69 Å². The molecule has 6 heteroatoms. The van der Waals surface area contributed by atoms with Crippen molar-refractivity contribution in [2.75, 3.05) is 5.32 Å². The fourth-order valence-electron chi connectivity index (χ4n) is 2.14. The average molecular weight is 325 g/mol. The van der Waals surface area contributed by atoms with Crippen molar-refractivity contribution < 1.29 is 4.79 Å². The Morgan fingerprint density at radius 1 is 1.32 bits per heavy atom. The van der Waals surface area contributed by atoms with Crippen LogP contribution in [-0.2, 0) is 4.79 Å². The number of carbonyl (C=O) groups excluding carboxylic acids is 1. The lowest BCUT2D eigenvalue weighted by atomic mass is 9.87. The highest BCUT2D eigenvalue weighted by Gasteiger charge is 2.27. The number of amides is 1. The van der Waals surface area contributed by atoms with E-state index in [0.29, 0.717) is 0 Å². The van der Waals surface area contributed by atoms with E-state index < -0.39 is 6.04 Å². The number of hydrogen-bond donors (Lipinski definition) is 2.